The van der Waals surface area contributed by atoms with Crippen molar-refractivity contribution in [3.8, 4) is 5.75 Å². The van der Waals surface area contributed by atoms with Crippen LogP contribution in [0.2, 0.25) is 0 Å². The number of para-hydroxylation sites is 3. The number of thiophene rings is 1. The van der Waals surface area contributed by atoms with E-state index in [0.717, 1.165) is 27.1 Å². The summed E-state index contributed by atoms with van der Waals surface area (Å²) in [6.45, 7) is 3.44. The average molecular weight is 520 g/mol. The molecule has 0 radical (unpaired) electrons. The van der Waals surface area contributed by atoms with Crippen molar-refractivity contribution in [1.82, 2.24) is 14.5 Å². The summed E-state index contributed by atoms with van der Waals surface area (Å²) in [6, 6.07) is 12.9. The summed E-state index contributed by atoms with van der Waals surface area (Å²) in [5.41, 5.74) is 2.51. The van der Waals surface area contributed by atoms with Crippen molar-refractivity contribution < 1.29 is 14.3 Å². The molecule has 36 heavy (non-hydrogen) atoms. The molecule has 2 amide bonds. The first kappa shape index (κ1) is 23.6. The summed E-state index contributed by atoms with van der Waals surface area (Å²) in [5, 5.41) is 6.40. The lowest BCUT2D eigenvalue weighted by atomic mass is 10.2. The minimum absolute atomic E-state index is 0.234. The zero-order valence-electron chi connectivity index (χ0n) is 19.6. The maximum atomic E-state index is 13.2. The first-order valence-electron chi connectivity index (χ1n) is 10.9. The fourth-order valence-electron chi connectivity index (χ4n) is 3.87. The number of aromatic nitrogens is 3. The van der Waals surface area contributed by atoms with Gasteiger partial charge in [0.15, 0.2) is 5.13 Å². The van der Waals surface area contributed by atoms with E-state index in [4.69, 9.17) is 4.74 Å². The van der Waals surface area contributed by atoms with Gasteiger partial charge in [0.25, 0.3) is 11.5 Å². The SMILES string of the molecule is COc1ccccc1NC(=O)Cn1cnc2sc(C(=O)Nc3nc4c(C)cccc4s3)c(C)c2c1=O. The standard InChI is InChI=1S/C25H21N5O4S2/c1-13-7-6-10-17-20(13)28-25(35-17)29-22(32)21-14(2)19-23(36-21)26-12-30(24(19)33)11-18(31)27-15-8-4-5-9-16(15)34-3/h4-10,12H,11H2,1-3H3,(H,27,31)(H,28,29,32). The second-order valence-electron chi connectivity index (χ2n) is 8.06. The number of anilines is 2. The molecule has 3 aromatic heterocycles. The molecule has 0 aliphatic rings. The Morgan fingerprint density at radius 1 is 1.06 bits per heavy atom. The van der Waals surface area contributed by atoms with Crippen molar-refractivity contribution in [2.24, 2.45) is 0 Å². The number of ether oxygens (including phenoxy) is 1. The Morgan fingerprint density at radius 2 is 1.86 bits per heavy atom. The van der Waals surface area contributed by atoms with Crippen molar-refractivity contribution in [3.63, 3.8) is 0 Å². The predicted octanol–water partition coefficient (Wildman–Crippen LogP) is 4.58. The van der Waals surface area contributed by atoms with Crippen molar-refractivity contribution in [3.05, 3.63) is 75.1 Å². The van der Waals surface area contributed by atoms with E-state index >= 15 is 0 Å². The van der Waals surface area contributed by atoms with Gasteiger partial charge >= 0.3 is 0 Å². The number of carbonyl (C=O) groups excluding carboxylic acids is 2. The van der Waals surface area contributed by atoms with Crippen molar-refractivity contribution in [2.45, 2.75) is 20.4 Å². The number of benzene rings is 2. The van der Waals surface area contributed by atoms with Gasteiger partial charge < -0.3 is 10.1 Å². The van der Waals surface area contributed by atoms with Crippen molar-refractivity contribution in [1.29, 1.82) is 0 Å². The molecule has 2 aromatic carbocycles. The molecule has 9 nitrogen and oxygen atoms in total. The second-order valence-corrected chi connectivity index (χ2v) is 10.1. The van der Waals surface area contributed by atoms with Crippen molar-refractivity contribution in [2.75, 3.05) is 17.7 Å². The van der Waals surface area contributed by atoms with Crippen LogP contribution < -0.4 is 20.9 Å². The molecular weight excluding hydrogens is 498 g/mol. The molecule has 0 aliphatic carbocycles. The van der Waals surface area contributed by atoms with Crippen LogP contribution in [0.5, 0.6) is 5.75 Å². The molecule has 2 N–H and O–H groups in total. The summed E-state index contributed by atoms with van der Waals surface area (Å²) in [5.74, 6) is -0.244. The maximum Gasteiger partial charge on any atom is 0.267 e. The van der Waals surface area contributed by atoms with Gasteiger partial charge in [-0.05, 0) is 43.2 Å². The molecular formula is C25H21N5O4S2. The molecule has 0 saturated carbocycles. The van der Waals surface area contributed by atoms with E-state index in [2.05, 4.69) is 20.6 Å². The monoisotopic (exact) mass is 519 g/mol. The quantitative estimate of drug-likeness (QED) is 0.339. The molecule has 11 heteroatoms. The third kappa shape index (κ3) is 4.34. The van der Waals surface area contributed by atoms with Gasteiger partial charge in [0, 0.05) is 0 Å². The third-order valence-corrected chi connectivity index (χ3v) is 7.79. The molecule has 0 fully saturated rings. The molecule has 0 saturated heterocycles. The number of hydrogen-bond acceptors (Lipinski definition) is 8. The number of nitrogens with one attached hydrogen (secondary N) is 2. The Bertz CT molecular complexity index is 1700. The van der Waals surface area contributed by atoms with Crippen LogP contribution in [0.3, 0.4) is 0 Å². The molecule has 0 spiro atoms. The number of thiazole rings is 1. The van der Waals surface area contributed by atoms with Crippen LogP contribution in [0.15, 0.2) is 53.6 Å². The van der Waals surface area contributed by atoms with Crippen LogP contribution in [0.1, 0.15) is 20.8 Å². The number of hydrogen-bond donors (Lipinski definition) is 2. The number of methoxy groups -OCH3 is 1. The van der Waals surface area contributed by atoms with Gasteiger partial charge in [-0.3, -0.25) is 24.3 Å². The number of carbonyl (C=O) groups is 2. The Kier molecular flexibility index (Phi) is 6.25. The average Bonchev–Trinajstić information content (AvgIpc) is 3.43. The van der Waals surface area contributed by atoms with Crippen LogP contribution in [-0.2, 0) is 11.3 Å². The first-order chi connectivity index (χ1) is 17.4. The number of fused-ring (bicyclic) bond motifs is 2. The Hall–Kier alpha value is -4.09. The van der Waals surface area contributed by atoms with E-state index in [0.29, 0.717) is 37.2 Å². The highest BCUT2D eigenvalue weighted by Crippen LogP contribution is 2.31. The summed E-state index contributed by atoms with van der Waals surface area (Å²) < 4.78 is 7.46. The summed E-state index contributed by atoms with van der Waals surface area (Å²) in [7, 11) is 1.51. The molecule has 5 rings (SSSR count). The van der Waals surface area contributed by atoms with Crippen LogP contribution in [0, 0.1) is 13.8 Å². The smallest absolute Gasteiger partial charge is 0.267 e. The van der Waals surface area contributed by atoms with Gasteiger partial charge in [0.1, 0.15) is 17.1 Å². The zero-order chi connectivity index (χ0) is 25.4. The van der Waals surface area contributed by atoms with E-state index in [9.17, 15) is 14.4 Å². The van der Waals surface area contributed by atoms with E-state index in [1.165, 1.54) is 29.3 Å². The van der Waals surface area contributed by atoms with Crippen LogP contribution in [-0.4, -0.2) is 33.5 Å². The molecule has 0 unspecified atom stereocenters. The Labute approximate surface area is 213 Å². The van der Waals surface area contributed by atoms with Crippen LogP contribution in [0.4, 0.5) is 10.8 Å². The highest BCUT2D eigenvalue weighted by Gasteiger charge is 2.21. The molecule has 0 atom stereocenters. The van der Waals surface area contributed by atoms with Gasteiger partial charge in [-0.25, -0.2) is 9.97 Å². The highest BCUT2D eigenvalue weighted by atomic mass is 32.1. The van der Waals surface area contributed by atoms with Gasteiger partial charge in [-0.1, -0.05) is 35.6 Å². The lowest BCUT2D eigenvalue weighted by Crippen LogP contribution is -2.28. The number of nitrogens with zero attached hydrogens (tertiary/aromatic N) is 3. The molecule has 182 valence electrons. The lowest BCUT2D eigenvalue weighted by Gasteiger charge is -2.10. The Morgan fingerprint density at radius 3 is 2.64 bits per heavy atom. The minimum Gasteiger partial charge on any atom is -0.495 e. The molecule has 5 aromatic rings. The molecule has 0 aliphatic heterocycles. The number of aryl methyl sites for hydroxylation is 2. The van der Waals surface area contributed by atoms with Gasteiger partial charge in [0.2, 0.25) is 5.91 Å². The summed E-state index contributed by atoms with van der Waals surface area (Å²) >= 11 is 2.52. The maximum absolute atomic E-state index is 13.2. The minimum atomic E-state index is -0.403. The predicted molar refractivity (Wildman–Crippen MR) is 143 cm³/mol. The van der Waals surface area contributed by atoms with E-state index in [1.807, 2.05) is 25.1 Å². The summed E-state index contributed by atoms with van der Waals surface area (Å²) in [6.07, 6.45) is 1.32. The van der Waals surface area contributed by atoms with Gasteiger partial charge in [-0.2, -0.15) is 0 Å². The highest BCUT2D eigenvalue weighted by molar-refractivity contribution is 7.23. The summed E-state index contributed by atoms with van der Waals surface area (Å²) in [4.78, 5) is 48.5. The fourth-order valence-corrected chi connectivity index (χ4v) is 5.85. The van der Waals surface area contributed by atoms with E-state index < -0.39 is 11.5 Å². The second kappa shape index (κ2) is 9.51. The van der Waals surface area contributed by atoms with Gasteiger partial charge in [0.05, 0.1) is 39.6 Å². The largest absolute Gasteiger partial charge is 0.495 e. The third-order valence-electron chi connectivity index (χ3n) is 5.66. The molecule has 0 bridgehead atoms. The Balaban J connectivity index is 1.39. The fraction of sp³-hybridized carbons (Fsp3) is 0.160. The van der Waals surface area contributed by atoms with E-state index in [1.54, 1.807) is 31.2 Å². The number of amides is 2. The van der Waals surface area contributed by atoms with Gasteiger partial charge in [-0.15, -0.1) is 11.3 Å². The van der Waals surface area contributed by atoms with Crippen LogP contribution >= 0.6 is 22.7 Å². The van der Waals surface area contributed by atoms with E-state index in [-0.39, 0.29) is 12.5 Å². The normalized spacial score (nSPS) is 11.1. The lowest BCUT2D eigenvalue weighted by molar-refractivity contribution is -0.116. The topological polar surface area (TPSA) is 115 Å². The van der Waals surface area contributed by atoms with Crippen LogP contribution in [0.25, 0.3) is 20.4 Å². The number of rotatable bonds is 6. The first-order valence-corrected chi connectivity index (χ1v) is 12.6. The zero-order valence-corrected chi connectivity index (χ0v) is 21.3. The molecule has 3 heterocycles. The van der Waals surface area contributed by atoms with Crippen molar-refractivity contribution >= 4 is 65.7 Å².